The summed E-state index contributed by atoms with van der Waals surface area (Å²) in [4.78, 5) is 22.4. The van der Waals surface area contributed by atoms with Gasteiger partial charge in [0.25, 0.3) is 0 Å². The number of nitrogens with zero attached hydrogens (tertiary/aromatic N) is 1. The first-order valence-electron chi connectivity index (χ1n) is 4.09. The van der Waals surface area contributed by atoms with Crippen molar-refractivity contribution >= 4 is 11.8 Å². The predicted molar refractivity (Wildman–Crippen MR) is 46.9 cm³/mol. The number of carbonyl (C=O) groups is 2. The van der Waals surface area contributed by atoms with Gasteiger partial charge in [-0.05, 0) is 13.8 Å². The highest BCUT2D eigenvalue weighted by atomic mass is 16.5. The molecular weight excluding hydrogens is 186 g/mol. The number of hydrogen-bond donors (Lipinski definition) is 0. The summed E-state index contributed by atoms with van der Waals surface area (Å²) in [7, 11) is 1.24. The van der Waals surface area contributed by atoms with Crippen LogP contribution in [0.25, 0.3) is 0 Å². The fourth-order valence-corrected chi connectivity index (χ4v) is 1.17. The molecule has 0 spiro atoms. The molecule has 1 rings (SSSR count). The van der Waals surface area contributed by atoms with E-state index in [0.29, 0.717) is 17.0 Å². The Balaban J connectivity index is 2.84. The number of aromatic nitrogens is 1. The number of hydrogen-bond acceptors (Lipinski definition) is 5. The smallest absolute Gasteiger partial charge is 0.313 e. The van der Waals surface area contributed by atoms with Crippen LogP contribution in [0.4, 0.5) is 0 Å². The summed E-state index contributed by atoms with van der Waals surface area (Å²) in [5, 5.41) is 3.62. The van der Waals surface area contributed by atoms with E-state index in [0.717, 1.165) is 0 Å². The predicted octanol–water partition coefficient (Wildman–Crippen LogP) is 1.04. The van der Waals surface area contributed by atoms with Crippen LogP contribution < -0.4 is 0 Å². The topological polar surface area (TPSA) is 69.4 Å². The average molecular weight is 197 g/mol. The van der Waals surface area contributed by atoms with E-state index in [9.17, 15) is 9.59 Å². The summed E-state index contributed by atoms with van der Waals surface area (Å²) in [5.74, 6) is -0.459. The first-order valence-corrected chi connectivity index (χ1v) is 4.09. The minimum Gasteiger partial charge on any atom is -0.469 e. The maximum atomic E-state index is 11.5. The van der Waals surface area contributed by atoms with Crippen LogP contribution in [0.1, 0.15) is 28.2 Å². The first-order chi connectivity index (χ1) is 6.56. The second-order valence-electron chi connectivity index (χ2n) is 2.88. The first kappa shape index (κ1) is 10.4. The third-order valence-corrected chi connectivity index (χ3v) is 1.84. The molecule has 0 bridgehead atoms. The molecule has 5 nitrogen and oxygen atoms in total. The standard InChI is InChI=1S/C9H11NO4/c1-5-9(6(2)14-10-5)7(11)4-8(12)13-3/h4H2,1-3H3. The summed E-state index contributed by atoms with van der Waals surface area (Å²) >= 11 is 0. The fourth-order valence-electron chi connectivity index (χ4n) is 1.17. The van der Waals surface area contributed by atoms with Crippen LogP contribution in [0.2, 0.25) is 0 Å². The molecule has 0 radical (unpaired) electrons. The molecular formula is C9H11NO4. The Hall–Kier alpha value is -1.65. The Bertz CT molecular complexity index is 347. The average Bonchev–Trinajstić information content (AvgIpc) is 2.46. The molecule has 0 atom stereocenters. The van der Waals surface area contributed by atoms with Crippen LogP contribution in [0, 0.1) is 13.8 Å². The second-order valence-corrected chi connectivity index (χ2v) is 2.88. The van der Waals surface area contributed by atoms with Crippen molar-refractivity contribution in [1.82, 2.24) is 5.16 Å². The van der Waals surface area contributed by atoms with Crippen molar-refractivity contribution in [3.05, 3.63) is 17.0 Å². The van der Waals surface area contributed by atoms with Crippen molar-refractivity contribution < 1.29 is 18.8 Å². The molecule has 0 aliphatic rings. The molecule has 0 amide bonds. The fraction of sp³-hybridized carbons (Fsp3) is 0.444. The van der Waals surface area contributed by atoms with E-state index in [-0.39, 0.29) is 12.2 Å². The van der Waals surface area contributed by atoms with E-state index in [1.165, 1.54) is 7.11 Å². The SMILES string of the molecule is COC(=O)CC(=O)c1c(C)noc1C. The molecule has 76 valence electrons. The third kappa shape index (κ3) is 1.99. The normalized spacial score (nSPS) is 9.93. The Labute approximate surface area is 81.0 Å². The molecule has 0 aromatic carbocycles. The molecule has 0 unspecified atom stereocenters. The molecule has 14 heavy (non-hydrogen) atoms. The summed E-state index contributed by atoms with van der Waals surface area (Å²) < 4.78 is 9.20. The molecule has 1 aromatic heterocycles. The molecule has 0 saturated carbocycles. The van der Waals surface area contributed by atoms with Crippen molar-refractivity contribution in [3.8, 4) is 0 Å². The zero-order valence-corrected chi connectivity index (χ0v) is 8.29. The lowest BCUT2D eigenvalue weighted by Crippen LogP contribution is -2.10. The van der Waals surface area contributed by atoms with Gasteiger partial charge in [-0.3, -0.25) is 9.59 Å². The van der Waals surface area contributed by atoms with Crippen LogP contribution in [-0.4, -0.2) is 24.0 Å². The van der Waals surface area contributed by atoms with Gasteiger partial charge in [-0.15, -0.1) is 0 Å². The number of Topliss-reactive ketones (excluding diaryl/α,β-unsaturated/α-hetero) is 1. The third-order valence-electron chi connectivity index (χ3n) is 1.84. The second kappa shape index (κ2) is 4.04. The summed E-state index contributed by atoms with van der Waals surface area (Å²) in [6.45, 7) is 3.28. The highest BCUT2D eigenvalue weighted by Crippen LogP contribution is 2.14. The van der Waals surface area contributed by atoms with Gasteiger partial charge in [0.1, 0.15) is 12.2 Å². The number of rotatable bonds is 3. The summed E-state index contributed by atoms with van der Waals surface area (Å²) in [6.07, 6.45) is -0.278. The van der Waals surface area contributed by atoms with Crippen molar-refractivity contribution in [3.63, 3.8) is 0 Å². The minimum absolute atomic E-state index is 0.278. The Morgan fingerprint density at radius 2 is 2.07 bits per heavy atom. The monoisotopic (exact) mass is 197 g/mol. The number of aryl methyl sites for hydroxylation is 2. The van der Waals surface area contributed by atoms with E-state index < -0.39 is 5.97 Å². The van der Waals surface area contributed by atoms with E-state index in [2.05, 4.69) is 9.89 Å². The molecule has 0 aliphatic carbocycles. The van der Waals surface area contributed by atoms with Crippen molar-refractivity contribution in [2.75, 3.05) is 7.11 Å². The van der Waals surface area contributed by atoms with Crippen LogP contribution in [0.3, 0.4) is 0 Å². The Kier molecular flexibility index (Phi) is 3.01. The van der Waals surface area contributed by atoms with Crippen molar-refractivity contribution in [2.24, 2.45) is 0 Å². The Morgan fingerprint density at radius 1 is 1.43 bits per heavy atom. The molecule has 5 heteroatoms. The highest BCUT2D eigenvalue weighted by molar-refractivity contribution is 6.07. The van der Waals surface area contributed by atoms with Crippen LogP contribution in [0.5, 0.6) is 0 Å². The van der Waals surface area contributed by atoms with Gasteiger partial charge in [-0.25, -0.2) is 0 Å². The number of methoxy groups -OCH3 is 1. The highest BCUT2D eigenvalue weighted by Gasteiger charge is 2.20. The Morgan fingerprint density at radius 3 is 2.50 bits per heavy atom. The van der Waals surface area contributed by atoms with Gasteiger partial charge < -0.3 is 9.26 Å². The summed E-state index contributed by atoms with van der Waals surface area (Å²) in [5.41, 5.74) is 0.867. The summed E-state index contributed by atoms with van der Waals surface area (Å²) in [6, 6.07) is 0. The maximum absolute atomic E-state index is 11.5. The van der Waals surface area contributed by atoms with Crippen molar-refractivity contribution in [1.29, 1.82) is 0 Å². The zero-order chi connectivity index (χ0) is 10.7. The van der Waals surface area contributed by atoms with Gasteiger partial charge in [-0.1, -0.05) is 5.16 Å². The van der Waals surface area contributed by atoms with Crippen molar-refractivity contribution in [2.45, 2.75) is 20.3 Å². The van der Waals surface area contributed by atoms with Crippen LogP contribution in [-0.2, 0) is 9.53 Å². The lowest BCUT2D eigenvalue weighted by molar-refractivity contribution is -0.139. The lowest BCUT2D eigenvalue weighted by atomic mass is 10.1. The van der Waals surface area contributed by atoms with Gasteiger partial charge in [0, 0.05) is 0 Å². The largest absolute Gasteiger partial charge is 0.469 e. The lowest BCUT2D eigenvalue weighted by Gasteiger charge is -1.97. The van der Waals surface area contributed by atoms with Gasteiger partial charge in [0.05, 0.1) is 18.4 Å². The quantitative estimate of drug-likeness (QED) is 0.411. The minimum atomic E-state index is -0.560. The van der Waals surface area contributed by atoms with Crippen LogP contribution in [0.15, 0.2) is 4.52 Å². The molecule has 0 fully saturated rings. The van der Waals surface area contributed by atoms with Gasteiger partial charge >= 0.3 is 5.97 Å². The molecule has 0 saturated heterocycles. The van der Waals surface area contributed by atoms with E-state index in [1.807, 2.05) is 0 Å². The molecule has 0 N–H and O–H groups in total. The van der Waals surface area contributed by atoms with E-state index in [1.54, 1.807) is 13.8 Å². The van der Waals surface area contributed by atoms with Gasteiger partial charge in [-0.2, -0.15) is 0 Å². The van der Waals surface area contributed by atoms with Crippen LogP contribution >= 0.6 is 0 Å². The zero-order valence-electron chi connectivity index (χ0n) is 8.29. The maximum Gasteiger partial charge on any atom is 0.313 e. The van der Waals surface area contributed by atoms with Gasteiger partial charge in [0.2, 0.25) is 0 Å². The number of esters is 1. The number of ketones is 1. The molecule has 0 aliphatic heterocycles. The molecule has 1 heterocycles. The van der Waals surface area contributed by atoms with E-state index >= 15 is 0 Å². The molecule has 1 aromatic rings. The van der Waals surface area contributed by atoms with E-state index in [4.69, 9.17) is 4.52 Å². The number of ether oxygens (including phenoxy) is 1. The van der Waals surface area contributed by atoms with Gasteiger partial charge in [0.15, 0.2) is 5.78 Å². The number of carbonyl (C=O) groups excluding carboxylic acids is 2.